The number of carbonyl (C=O) groups is 2. The van der Waals surface area contributed by atoms with E-state index in [1.54, 1.807) is 31.2 Å². The van der Waals surface area contributed by atoms with Crippen molar-refractivity contribution in [2.75, 3.05) is 18.4 Å². The second kappa shape index (κ2) is 8.13. The lowest BCUT2D eigenvalue weighted by molar-refractivity contribution is -0.115. The molecule has 0 spiro atoms. The molecular formula is C16H17ClN2O2. The fourth-order valence-electron chi connectivity index (χ4n) is 1.70. The van der Waals surface area contributed by atoms with Crippen LogP contribution in [0.3, 0.4) is 0 Å². The zero-order valence-corrected chi connectivity index (χ0v) is 12.6. The Morgan fingerprint density at radius 3 is 2.81 bits per heavy atom. The summed E-state index contributed by atoms with van der Waals surface area (Å²) in [5.41, 5.74) is 0.726. The fraction of sp³-hybridized carbons (Fsp3) is 0.250. The van der Waals surface area contributed by atoms with E-state index >= 15 is 0 Å². The molecule has 1 N–H and O–H groups in total. The summed E-state index contributed by atoms with van der Waals surface area (Å²) >= 11 is 5.93. The molecule has 0 unspecified atom stereocenters. The number of hydrogen-bond acceptors (Lipinski definition) is 2. The van der Waals surface area contributed by atoms with Gasteiger partial charge in [-0.05, 0) is 18.2 Å². The molecule has 0 fully saturated rings. The molecule has 0 aliphatic carbocycles. The number of carbonyl (C=O) groups excluding carboxylic acids is 2. The highest BCUT2D eigenvalue weighted by atomic mass is 35.5. The predicted molar refractivity (Wildman–Crippen MR) is 85.3 cm³/mol. The Morgan fingerprint density at radius 1 is 1.52 bits per heavy atom. The number of anilines is 1. The van der Waals surface area contributed by atoms with Gasteiger partial charge >= 0.3 is 0 Å². The Hall–Kier alpha value is -2.25. The van der Waals surface area contributed by atoms with Gasteiger partial charge in [-0.3, -0.25) is 9.59 Å². The van der Waals surface area contributed by atoms with Crippen molar-refractivity contribution in [3.05, 3.63) is 41.4 Å². The number of terminal acetylenes is 1. The van der Waals surface area contributed by atoms with E-state index in [-0.39, 0.29) is 18.4 Å². The SMILES string of the molecule is C#CCN(CC=C)C(=O)c1ccc(Cl)cc1NC(=O)CC. The van der Waals surface area contributed by atoms with Gasteiger partial charge in [0.05, 0.1) is 17.8 Å². The van der Waals surface area contributed by atoms with Gasteiger partial charge < -0.3 is 10.2 Å². The molecule has 1 aromatic rings. The molecule has 21 heavy (non-hydrogen) atoms. The quantitative estimate of drug-likeness (QED) is 0.649. The highest BCUT2D eigenvalue weighted by Crippen LogP contribution is 2.23. The molecule has 1 aromatic carbocycles. The van der Waals surface area contributed by atoms with Gasteiger partial charge in [0.2, 0.25) is 5.91 Å². The van der Waals surface area contributed by atoms with Crippen LogP contribution in [0.25, 0.3) is 0 Å². The van der Waals surface area contributed by atoms with Gasteiger partial charge in [0.25, 0.3) is 5.91 Å². The van der Waals surface area contributed by atoms with E-state index in [9.17, 15) is 9.59 Å². The van der Waals surface area contributed by atoms with Crippen LogP contribution < -0.4 is 5.32 Å². The summed E-state index contributed by atoms with van der Waals surface area (Å²) in [6, 6.07) is 4.71. The molecule has 2 amide bonds. The molecular weight excluding hydrogens is 288 g/mol. The van der Waals surface area contributed by atoms with Gasteiger partial charge in [0.1, 0.15) is 0 Å². The summed E-state index contributed by atoms with van der Waals surface area (Å²) in [5.74, 6) is 1.95. The van der Waals surface area contributed by atoms with E-state index in [4.69, 9.17) is 18.0 Å². The van der Waals surface area contributed by atoms with Crippen LogP contribution in [0.2, 0.25) is 5.02 Å². The number of hydrogen-bond donors (Lipinski definition) is 1. The molecule has 0 aliphatic heterocycles. The molecule has 0 bridgehead atoms. The third kappa shape index (κ3) is 4.66. The minimum absolute atomic E-state index is 0.161. The van der Waals surface area contributed by atoms with Crippen molar-refractivity contribution in [2.45, 2.75) is 13.3 Å². The summed E-state index contributed by atoms with van der Waals surface area (Å²) in [4.78, 5) is 25.5. The molecule has 5 heteroatoms. The summed E-state index contributed by atoms with van der Waals surface area (Å²) in [6.07, 6.45) is 7.17. The topological polar surface area (TPSA) is 49.4 Å². The van der Waals surface area contributed by atoms with Crippen molar-refractivity contribution in [2.24, 2.45) is 0 Å². The van der Waals surface area contributed by atoms with Crippen LogP contribution in [0.1, 0.15) is 23.7 Å². The van der Waals surface area contributed by atoms with Crippen LogP contribution in [-0.2, 0) is 4.79 Å². The highest BCUT2D eigenvalue weighted by molar-refractivity contribution is 6.31. The van der Waals surface area contributed by atoms with E-state index in [0.29, 0.717) is 29.2 Å². The average molecular weight is 305 g/mol. The molecule has 110 valence electrons. The largest absolute Gasteiger partial charge is 0.325 e. The Morgan fingerprint density at radius 2 is 2.24 bits per heavy atom. The molecule has 0 heterocycles. The van der Waals surface area contributed by atoms with Crippen molar-refractivity contribution >= 4 is 29.1 Å². The first-order valence-electron chi connectivity index (χ1n) is 6.46. The Bertz CT molecular complexity index is 590. The summed E-state index contributed by atoms with van der Waals surface area (Å²) in [6.45, 7) is 5.82. The number of amides is 2. The fourth-order valence-corrected chi connectivity index (χ4v) is 1.87. The standard InChI is InChI=1S/C16H17ClN2O2/c1-4-9-19(10-5-2)16(21)13-8-7-12(17)11-14(13)18-15(20)6-3/h1,5,7-8,11H,2,6,9-10H2,3H3,(H,18,20). The molecule has 0 aromatic heterocycles. The van der Waals surface area contributed by atoms with Crippen LogP contribution in [-0.4, -0.2) is 29.8 Å². The van der Waals surface area contributed by atoms with Crippen LogP contribution in [0, 0.1) is 12.3 Å². The maximum Gasteiger partial charge on any atom is 0.257 e. The molecule has 0 radical (unpaired) electrons. The summed E-state index contributed by atoms with van der Waals surface area (Å²) in [5, 5.41) is 3.11. The van der Waals surface area contributed by atoms with Crippen LogP contribution in [0.15, 0.2) is 30.9 Å². The van der Waals surface area contributed by atoms with Gasteiger partial charge in [0, 0.05) is 18.0 Å². The lowest BCUT2D eigenvalue weighted by Crippen LogP contribution is -2.32. The number of nitrogens with zero attached hydrogens (tertiary/aromatic N) is 1. The third-order valence-corrected chi connectivity index (χ3v) is 2.96. The lowest BCUT2D eigenvalue weighted by atomic mass is 10.1. The maximum atomic E-state index is 12.5. The molecule has 0 atom stereocenters. The number of benzene rings is 1. The first-order chi connectivity index (χ1) is 10.0. The molecule has 4 nitrogen and oxygen atoms in total. The minimum Gasteiger partial charge on any atom is -0.325 e. The highest BCUT2D eigenvalue weighted by Gasteiger charge is 2.18. The first-order valence-corrected chi connectivity index (χ1v) is 6.84. The maximum absolute atomic E-state index is 12.5. The van der Waals surface area contributed by atoms with Crippen LogP contribution >= 0.6 is 11.6 Å². The smallest absolute Gasteiger partial charge is 0.257 e. The zero-order chi connectivity index (χ0) is 15.8. The van der Waals surface area contributed by atoms with Crippen molar-refractivity contribution in [1.29, 1.82) is 0 Å². The van der Waals surface area contributed by atoms with E-state index in [0.717, 1.165) is 0 Å². The van der Waals surface area contributed by atoms with Crippen molar-refractivity contribution in [3.8, 4) is 12.3 Å². The lowest BCUT2D eigenvalue weighted by Gasteiger charge is -2.20. The van der Waals surface area contributed by atoms with Gasteiger partial charge in [-0.1, -0.05) is 30.5 Å². The number of halogens is 1. The average Bonchev–Trinajstić information content (AvgIpc) is 2.46. The molecule has 1 rings (SSSR count). The van der Waals surface area contributed by atoms with E-state index < -0.39 is 0 Å². The van der Waals surface area contributed by atoms with Crippen LogP contribution in [0.5, 0.6) is 0 Å². The monoisotopic (exact) mass is 304 g/mol. The van der Waals surface area contributed by atoms with Crippen molar-refractivity contribution in [1.82, 2.24) is 4.90 Å². The second-order valence-corrected chi connectivity index (χ2v) is 4.71. The van der Waals surface area contributed by atoms with E-state index in [1.807, 2.05) is 0 Å². The molecule has 0 saturated carbocycles. The Kier molecular flexibility index (Phi) is 6.51. The van der Waals surface area contributed by atoms with E-state index in [2.05, 4.69) is 17.8 Å². The van der Waals surface area contributed by atoms with Crippen molar-refractivity contribution < 1.29 is 9.59 Å². The Balaban J connectivity index is 3.15. The third-order valence-electron chi connectivity index (χ3n) is 2.73. The van der Waals surface area contributed by atoms with E-state index in [1.165, 1.54) is 4.90 Å². The molecule has 0 saturated heterocycles. The Labute approximate surface area is 129 Å². The zero-order valence-electron chi connectivity index (χ0n) is 11.9. The second-order valence-electron chi connectivity index (χ2n) is 4.27. The molecule has 0 aliphatic rings. The number of rotatable bonds is 6. The summed E-state index contributed by atoms with van der Waals surface area (Å²) < 4.78 is 0. The number of nitrogens with one attached hydrogen (secondary N) is 1. The van der Waals surface area contributed by atoms with Crippen LogP contribution in [0.4, 0.5) is 5.69 Å². The minimum atomic E-state index is -0.282. The normalized spacial score (nSPS) is 9.57. The summed E-state index contributed by atoms with van der Waals surface area (Å²) in [7, 11) is 0. The predicted octanol–water partition coefficient (Wildman–Crippen LogP) is 2.95. The van der Waals surface area contributed by atoms with Gasteiger partial charge in [0.15, 0.2) is 0 Å². The van der Waals surface area contributed by atoms with Gasteiger partial charge in [-0.25, -0.2) is 0 Å². The van der Waals surface area contributed by atoms with Gasteiger partial charge in [-0.2, -0.15) is 0 Å². The van der Waals surface area contributed by atoms with Gasteiger partial charge in [-0.15, -0.1) is 13.0 Å². The van der Waals surface area contributed by atoms with Crippen molar-refractivity contribution in [3.63, 3.8) is 0 Å². The first kappa shape index (κ1) is 16.8.